The van der Waals surface area contributed by atoms with Crippen LogP contribution in [-0.2, 0) is 0 Å². The van der Waals surface area contributed by atoms with Crippen molar-refractivity contribution in [3.05, 3.63) is 27.9 Å². The lowest BCUT2D eigenvalue weighted by Gasteiger charge is -2.11. The van der Waals surface area contributed by atoms with Gasteiger partial charge in [-0.2, -0.15) is 0 Å². The molecule has 0 aromatic carbocycles. The largest absolute Gasteiger partial charge is 0.364 e. The first-order valence-corrected chi connectivity index (χ1v) is 6.26. The van der Waals surface area contributed by atoms with Crippen molar-refractivity contribution in [1.82, 2.24) is 10.3 Å². The van der Waals surface area contributed by atoms with Crippen molar-refractivity contribution in [2.24, 2.45) is 0 Å². The van der Waals surface area contributed by atoms with Gasteiger partial charge in [-0.1, -0.05) is 0 Å². The van der Waals surface area contributed by atoms with Gasteiger partial charge >= 0.3 is 5.69 Å². The summed E-state index contributed by atoms with van der Waals surface area (Å²) in [7, 11) is 0. The van der Waals surface area contributed by atoms with Gasteiger partial charge in [-0.15, -0.1) is 0 Å². The number of hydrogen-bond acceptors (Lipinski definition) is 5. The van der Waals surface area contributed by atoms with Gasteiger partial charge in [0.25, 0.3) is 0 Å². The van der Waals surface area contributed by atoms with Crippen LogP contribution >= 0.6 is 0 Å². The van der Waals surface area contributed by atoms with Crippen molar-refractivity contribution < 1.29 is 4.92 Å². The van der Waals surface area contributed by atoms with Crippen molar-refractivity contribution in [2.75, 3.05) is 18.4 Å². The maximum atomic E-state index is 10.9. The molecule has 1 fully saturated rings. The van der Waals surface area contributed by atoms with Crippen molar-refractivity contribution in [3.8, 4) is 0 Å². The van der Waals surface area contributed by atoms with E-state index in [4.69, 9.17) is 0 Å². The second kappa shape index (κ2) is 5.77. The first-order chi connectivity index (χ1) is 8.66. The zero-order valence-electron chi connectivity index (χ0n) is 10.5. The Hall–Kier alpha value is -1.69. The molecule has 2 rings (SSSR count). The number of hydrogen-bond donors (Lipinski definition) is 2. The molecule has 1 saturated heterocycles. The fourth-order valence-electron chi connectivity index (χ4n) is 2.19. The molecule has 6 heteroatoms. The van der Waals surface area contributed by atoms with Crippen LogP contribution in [0.15, 0.2) is 12.1 Å². The molecule has 98 valence electrons. The van der Waals surface area contributed by atoms with Gasteiger partial charge in [-0.05, 0) is 38.8 Å². The highest BCUT2D eigenvalue weighted by Gasteiger charge is 2.17. The van der Waals surface area contributed by atoms with Crippen LogP contribution in [0.3, 0.4) is 0 Å². The van der Waals surface area contributed by atoms with Crippen LogP contribution in [-0.4, -0.2) is 29.0 Å². The topological polar surface area (TPSA) is 80.1 Å². The third-order valence-corrected chi connectivity index (χ3v) is 3.16. The lowest BCUT2D eigenvalue weighted by Crippen LogP contribution is -2.24. The number of pyridine rings is 1. The molecule has 1 aliphatic rings. The van der Waals surface area contributed by atoms with Gasteiger partial charge in [-0.3, -0.25) is 10.1 Å². The summed E-state index contributed by atoms with van der Waals surface area (Å²) in [5, 5.41) is 17.3. The Morgan fingerprint density at radius 2 is 2.44 bits per heavy atom. The monoisotopic (exact) mass is 250 g/mol. The smallest absolute Gasteiger partial charge is 0.311 e. The molecule has 0 spiro atoms. The van der Waals surface area contributed by atoms with Crippen molar-refractivity contribution in [1.29, 1.82) is 0 Å². The van der Waals surface area contributed by atoms with E-state index in [0.29, 0.717) is 18.4 Å². The number of anilines is 1. The van der Waals surface area contributed by atoms with Crippen LogP contribution in [0.5, 0.6) is 0 Å². The summed E-state index contributed by atoms with van der Waals surface area (Å²) in [6, 6.07) is 3.68. The highest BCUT2D eigenvalue weighted by Crippen LogP contribution is 2.22. The summed E-state index contributed by atoms with van der Waals surface area (Å²) in [5.74, 6) is 0.373. The Labute approximate surface area is 106 Å². The average Bonchev–Trinajstić information content (AvgIpc) is 2.82. The Morgan fingerprint density at radius 3 is 3.11 bits per heavy atom. The van der Waals surface area contributed by atoms with E-state index in [2.05, 4.69) is 15.6 Å². The number of nitrogens with one attached hydrogen (secondary N) is 2. The van der Waals surface area contributed by atoms with Gasteiger partial charge in [0.05, 0.1) is 4.92 Å². The number of aromatic nitrogens is 1. The Balaban J connectivity index is 1.94. The zero-order chi connectivity index (χ0) is 13.0. The standard InChI is InChI=1S/C12H18N4O2/c1-9-4-5-11(16(17)18)12(15-9)14-8-6-10-3-2-7-13-10/h4-5,10,13H,2-3,6-8H2,1H3,(H,14,15). The maximum Gasteiger partial charge on any atom is 0.311 e. The van der Waals surface area contributed by atoms with E-state index in [0.717, 1.165) is 18.7 Å². The second-order valence-electron chi connectivity index (χ2n) is 4.59. The summed E-state index contributed by atoms with van der Waals surface area (Å²) < 4.78 is 0. The van der Waals surface area contributed by atoms with Crippen molar-refractivity contribution in [3.63, 3.8) is 0 Å². The molecule has 2 N–H and O–H groups in total. The Morgan fingerprint density at radius 1 is 1.61 bits per heavy atom. The highest BCUT2D eigenvalue weighted by molar-refractivity contribution is 5.55. The molecular weight excluding hydrogens is 232 g/mol. The molecule has 2 heterocycles. The van der Waals surface area contributed by atoms with Crippen LogP contribution in [0.2, 0.25) is 0 Å². The summed E-state index contributed by atoms with van der Waals surface area (Å²) in [4.78, 5) is 14.7. The lowest BCUT2D eigenvalue weighted by atomic mass is 10.1. The maximum absolute atomic E-state index is 10.9. The van der Waals surface area contributed by atoms with Crippen LogP contribution < -0.4 is 10.6 Å². The van der Waals surface area contributed by atoms with Crippen LogP contribution in [0.1, 0.15) is 25.0 Å². The molecule has 1 atom stereocenters. The van der Waals surface area contributed by atoms with Gasteiger partial charge in [0.15, 0.2) is 0 Å². The Kier molecular flexibility index (Phi) is 4.09. The predicted octanol–water partition coefficient (Wildman–Crippen LogP) is 1.85. The molecular formula is C12H18N4O2. The summed E-state index contributed by atoms with van der Waals surface area (Å²) in [5.41, 5.74) is 0.821. The van der Waals surface area contributed by atoms with E-state index in [1.54, 1.807) is 6.07 Å². The summed E-state index contributed by atoms with van der Waals surface area (Å²) in [6.07, 6.45) is 3.37. The SMILES string of the molecule is Cc1ccc([N+](=O)[O-])c(NCCC2CCCN2)n1. The molecule has 18 heavy (non-hydrogen) atoms. The normalized spacial score (nSPS) is 18.8. The molecule has 0 saturated carbocycles. The predicted molar refractivity (Wildman–Crippen MR) is 69.8 cm³/mol. The molecule has 1 aromatic rings. The fourth-order valence-corrected chi connectivity index (χ4v) is 2.19. The van der Waals surface area contributed by atoms with Gasteiger partial charge in [-0.25, -0.2) is 4.98 Å². The van der Waals surface area contributed by atoms with E-state index >= 15 is 0 Å². The molecule has 1 aliphatic heterocycles. The van der Waals surface area contributed by atoms with Gasteiger partial charge in [0.2, 0.25) is 5.82 Å². The van der Waals surface area contributed by atoms with Gasteiger partial charge < -0.3 is 10.6 Å². The second-order valence-corrected chi connectivity index (χ2v) is 4.59. The van der Waals surface area contributed by atoms with Crippen LogP contribution in [0.4, 0.5) is 11.5 Å². The molecule has 6 nitrogen and oxygen atoms in total. The molecule has 0 radical (unpaired) electrons. The van der Waals surface area contributed by atoms with E-state index in [1.807, 2.05) is 6.92 Å². The van der Waals surface area contributed by atoms with Gasteiger partial charge in [0.1, 0.15) is 0 Å². The van der Waals surface area contributed by atoms with E-state index in [1.165, 1.54) is 18.9 Å². The van der Waals surface area contributed by atoms with Crippen LogP contribution in [0, 0.1) is 17.0 Å². The van der Waals surface area contributed by atoms with Crippen LogP contribution in [0.25, 0.3) is 0 Å². The fraction of sp³-hybridized carbons (Fsp3) is 0.583. The van der Waals surface area contributed by atoms with Crippen molar-refractivity contribution >= 4 is 11.5 Å². The third-order valence-electron chi connectivity index (χ3n) is 3.16. The molecule has 1 aromatic heterocycles. The quantitative estimate of drug-likeness (QED) is 0.615. The minimum absolute atomic E-state index is 0.0416. The highest BCUT2D eigenvalue weighted by atomic mass is 16.6. The number of nitrogens with zero attached hydrogens (tertiary/aromatic N) is 2. The lowest BCUT2D eigenvalue weighted by molar-refractivity contribution is -0.384. The van der Waals surface area contributed by atoms with E-state index in [-0.39, 0.29) is 5.69 Å². The van der Waals surface area contributed by atoms with E-state index < -0.39 is 4.92 Å². The molecule has 0 bridgehead atoms. The molecule has 0 aliphatic carbocycles. The minimum atomic E-state index is -0.400. The zero-order valence-corrected chi connectivity index (χ0v) is 10.5. The number of rotatable bonds is 5. The number of aryl methyl sites for hydroxylation is 1. The molecule has 1 unspecified atom stereocenters. The molecule has 0 amide bonds. The van der Waals surface area contributed by atoms with Crippen molar-refractivity contribution in [2.45, 2.75) is 32.2 Å². The summed E-state index contributed by atoms with van der Waals surface area (Å²) >= 11 is 0. The Bertz CT molecular complexity index is 430. The summed E-state index contributed by atoms with van der Waals surface area (Å²) in [6.45, 7) is 3.61. The minimum Gasteiger partial charge on any atom is -0.364 e. The van der Waals surface area contributed by atoms with Gasteiger partial charge in [0, 0.05) is 24.3 Å². The first kappa shape index (κ1) is 12.8. The number of nitro groups is 1. The average molecular weight is 250 g/mol. The first-order valence-electron chi connectivity index (χ1n) is 6.26. The van der Waals surface area contributed by atoms with E-state index in [9.17, 15) is 10.1 Å². The third kappa shape index (κ3) is 3.16.